The molecule has 0 bridgehead atoms. The van der Waals surface area contributed by atoms with E-state index in [0.717, 1.165) is 12.1 Å². The first-order chi connectivity index (χ1) is 9.99. The summed E-state index contributed by atoms with van der Waals surface area (Å²) in [5, 5.41) is 16.9. The number of anilines is 1. The quantitative estimate of drug-likeness (QED) is 0.652. The van der Waals surface area contributed by atoms with Crippen molar-refractivity contribution in [2.45, 2.75) is 20.0 Å². The Morgan fingerprint density at radius 2 is 2.29 bits per heavy atom. The van der Waals surface area contributed by atoms with Gasteiger partial charge < -0.3 is 15.4 Å². The molecular formula is C14H19N3O4. The van der Waals surface area contributed by atoms with Gasteiger partial charge in [0.05, 0.1) is 23.3 Å². The Hall–Kier alpha value is -1.99. The van der Waals surface area contributed by atoms with Crippen LogP contribution in [0.5, 0.6) is 0 Å². The number of amides is 1. The van der Waals surface area contributed by atoms with Crippen LogP contribution < -0.4 is 10.6 Å². The molecule has 1 aliphatic heterocycles. The van der Waals surface area contributed by atoms with Gasteiger partial charge in [-0.3, -0.25) is 14.9 Å². The lowest BCUT2D eigenvalue weighted by Crippen LogP contribution is -2.34. The number of benzene rings is 1. The van der Waals surface area contributed by atoms with Crippen molar-refractivity contribution >= 4 is 17.3 Å². The molecule has 114 valence electrons. The third-order valence-corrected chi connectivity index (χ3v) is 3.30. The molecule has 0 radical (unpaired) electrons. The highest BCUT2D eigenvalue weighted by atomic mass is 16.6. The summed E-state index contributed by atoms with van der Waals surface area (Å²) in [5.74, 6) is -0.386. The molecule has 7 nitrogen and oxygen atoms in total. The monoisotopic (exact) mass is 293 g/mol. The summed E-state index contributed by atoms with van der Waals surface area (Å²) in [6.45, 7) is 5.49. The average molecular weight is 293 g/mol. The van der Waals surface area contributed by atoms with Crippen molar-refractivity contribution in [3.8, 4) is 0 Å². The molecule has 1 heterocycles. The minimum absolute atomic E-state index is 0.0541. The summed E-state index contributed by atoms with van der Waals surface area (Å²) in [4.78, 5) is 22.3. The topological polar surface area (TPSA) is 93.5 Å². The summed E-state index contributed by atoms with van der Waals surface area (Å²) < 4.78 is 5.66. The maximum absolute atomic E-state index is 11.9. The van der Waals surface area contributed by atoms with E-state index in [0.29, 0.717) is 18.8 Å². The highest BCUT2D eigenvalue weighted by Crippen LogP contribution is 2.30. The van der Waals surface area contributed by atoms with E-state index in [-0.39, 0.29) is 23.6 Å². The first-order valence-corrected chi connectivity index (χ1v) is 6.90. The lowest BCUT2D eigenvalue weighted by Gasteiger charge is -2.26. The van der Waals surface area contributed by atoms with E-state index in [2.05, 4.69) is 10.6 Å². The van der Waals surface area contributed by atoms with Gasteiger partial charge >= 0.3 is 0 Å². The van der Waals surface area contributed by atoms with E-state index < -0.39 is 4.92 Å². The lowest BCUT2D eigenvalue weighted by molar-refractivity contribution is -0.384. The number of rotatable bonds is 4. The standard InChI is InChI=1S/C14H19N3O4/c1-9(2)14(18)16-12-7-10(17(19)20)3-4-11(12)13-8-15-5-6-21-13/h3-4,7,9,13,15H,5-6,8H2,1-2H3,(H,16,18). The van der Waals surface area contributed by atoms with Gasteiger partial charge in [-0.25, -0.2) is 0 Å². The highest BCUT2D eigenvalue weighted by Gasteiger charge is 2.22. The Morgan fingerprint density at radius 1 is 1.52 bits per heavy atom. The van der Waals surface area contributed by atoms with Crippen LogP contribution in [-0.2, 0) is 9.53 Å². The second-order valence-corrected chi connectivity index (χ2v) is 5.24. The molecule has 2 rings (SSSR count). The minimum Gasteiger partial charge on any atom is -0.371 e. The number of non-ortho nitro benzene ring substituents is 1. The van der Waals surface area contributed by atoms with Crippen LogP contribution in [-0.4, -0.2) is 30.5 Å². The smallest absolute Gasteiger partial charge is 0.271 e. The molecule has 0 aromatic heterocycles. The summed E-state index contributed by atoms with van der Waals surface area (Å²) >= 11 is 0. The second-order valence-electron chi connectivity index (χ2n) is 5.24. The summed E-state index contributed by atoms with van der Waals surface area (Å²) in [5.41, 5.74) is 1.14. The van der Waals surface area contributed by atoms with E-state index in [9.17, 15) is 14.9 Å². The predicted octanol–water partition coefficient (Wildman–Crippen LogP) is 1.85. The van der Waals surface area contributed by atoms with Crippen LogP contribution in [0.15, 0.2) is 18.2 Å². The average Bonchev–Trinajstić information content (AvgIpc) is 2.47. The molecule has 1 aliphatic rings. The molecule has 1 aromatic rings. The molecule has 1 fully saturated rings. The van der Waals surface area contributed by atoms with Gasteiger partial charge in [0.25, 0.3) is 5.69 Å². The van der Waals surface area contributed by atoms with Crippen LogP contribution in [0.2, 0.25) is 0 Å². The first kappa shape index (κ1) is 15.4. The molecule has 21 heavy (non-hydrogen) atoms. The minimum atomic E-state index is -0.477. The third-order valence-electron chi connectivity index (χ3n) is 3.30. The molecule has 1 amide bonds. The van der Waals surface area contributed by atoms with Gasteiger partial charge in [0.15, 0.2) is 0 Å². The number of ether oxygens (including phenoxy) is 1. The Bertz CT molecular complexity index is 539. The van der Waals surface area contributed by atoms with Crippen LogP contribution >= 0.6 is 0 Å². The summed E-state index contributed by atoms with van der Waals surface area (Å²) in [6.07, 6.45) is -0.220. The van der Waals surface area contributed by atoms with Crippen molar-refractivity contribution in [3.05, 3.63) is 33.9 Å². The third kappa shape index (κ3) is 3.77. The fourth-order valence-electron chi connectivity index (χ4n) is 2.09. The van der Waals surface area contributed by atoms with Crippen LogP contribution in [0, 0.1) is 16.0 Å². The number of nitrogens with zero attached hydrogens (tertiary/aromatic N) is 1. The number of carbonyl (C=O) groups excluding carboxylic acids is 1. The molecular weight excluding hydrogens is 274 g/mol. The SMILES string of the molecule is CC(C)C(=O)Nc1cc([N+](=O)[O-])ccc1C1CNCCO1. The summed E-state index contributed by atoms with van der Waals surface area (Å²) in [6, 6.07) is 4.46. The molecule has 0 spiro atoms. The maximum Gasteiger partial charge on any atom is 0.271 e. The fraction of sp³-hybridized carbons (Fsp3) is 0.500. The van der Waals surface area contributed by atoms with E-state index in [1.807, 2.05) is 0 Å². The molecule has 1 atom stereocenters. The number of nitrogens with one attached hydrogen (secondary N) is 2. The van der Waals surface area contributed by atoms with Crippen LogP contribution in [0.4, 0.5) is 11.4 Å². The van der Waals surface area contributed by atoms with Gasteiger partial charge in [-0.05, 0) is 6.07 Å². The Balaban J connectivity index is 2.33. The zero-order chi connectivity index (χ0) is 15.4. The number of hydrogen-bond acceptors (Lipinski definition) is 5. The normalized spacial score (nSPS) is 18.5. The van der Waals surface area contributed by atoms with Crippen LogP contribution in [0.1, 0.15) is 25.5 Å². The second kappa shape index (κ2) is 6.64. The van der Waals surface area contributed by atoms with Crippen molar-refractivity contribution in [3.63, 3.8) is 0 Å². The maximum atomic E-state index is 11.9. The molecule has 0 saturated carbocycles. The van der Waals surface area contributed by atoms with Crippen molar-refractivity contribution in [1.82, 2.24) is 5.32 Å². The van der Waals surface area contributed by atoms with Crippen molar-refractivity contribution < 1.29 is 14.5 Å². The molecule has 1 saturated heterocycles. The molecule has 0 aliphatic carbocycles. The number of morpholine rings is 1. The molecule has 1 unspecified atom stereocenters. The van der Waals surface area contributed by atoms with E-state index in [4.69, 9.17) is 4.74 Å². The number of nitro groups is 1. The summed E-state index contributed by atoms with van der Waals surface area (Å²) in [7, 11) is 0. The fourth-order valence-corrected chi connectivity index (χ4v) is 2.09. The Kier molecular flexibility index (Phi) is 4.87. The van der Waals surface area contributed by atoms with Gasteiger partial charge in [0.2, 0.25) is 5.91 Å². The van der Waals surface area contributed by atoms with Crippen molar-refractivity contribution in [1.29, 1.82) is 0 Å². The molecule has 2 N–H and O–H groups in total. The zero-order valence-electron chi connectivity index (χ0n) is 12.1. The van der Waals surface area contributed by atoms with E-state index in [1.165, 1.54) is 12.1 Å². The van der Waals surface area contributed by atoms with Crippen LogP contribution in [0.3, 0.4) is 0 Å². The number of hydrogen-bond donors (Lipinski definition) is 2. The van der Waals surface area contributed by atoms with Gasteiger partial charge in [-0.2, -0.15) is 0 Å². The highest BCUT2D eigenvalue weighted by molar-refractivity contribution is 5.93. The van der Waals surface area contributed by atoms with Gasteiger partial charge in [-0.15, -0.1) is 0 Å². The zero-order valence-corrected chi connectivity index (χ0v) is 12.1. The van der Waals surface area contributed by atoms with Gasteiger partial charge in [0, 0.05) is 36.7 Å². The van der Waals surface area contributed by atoms with E-state index >= 15 is 0 Å². The van der Waals surface area contributed by atoms with Crippen LogP contribution in [0.25, 0.3) is 0 Å². The molecule has 7 heteroatoms. The van der Waals surface area contributed by atoms with E-state index in [1.54, 1.807) is 19.9 Å². The Labute approximate surface area is 122 Å². The first-order valence-electron chi connectivity index (χ1n) is 6.90. The van der Waals surface area contributed by atoms with Crippen molar-refractivity contribution in [2.75, 3.05) is 25.0 Å². The molecule has 1 aromatic carbocycles. The lowest BCUT2D eigenvalue weighted by atomic mass is 10.0. The predicted molar refractivity (Wildman–Crippen MR) is 78.1 cm³/mol. The number of nitro benzene ring substituents is 1. The Morgan fingerprint density at radius 3 is 2.86 bits per heavy atom. The van der Waals surface area contributed by atoms with Gasteiger partial charge in [-0.1, -0.05) is 13.8 Å². The largest absolute Gasteiger partial charge is 0.371 e. The van der Waals surface area contributed by atoms with Gasteiger partial charge in [0.1, 0.15) is 0 Å². The van der Waals surface area contributed by atoms with Crippen molar-refractivity contribution in [2.24, 2.45) is 5.92 Å². The number of carbonyl (C=O) groups is 1.